The molecule has 4 aliphatic heterocycles. The van der Waals surface area contributed by atoms with Crippen LogP contribution in [0.1, 0.15) is 54.4 Å². The van der Waals surface area contributed by atoms with Gasteiger partial charge in [-0.3, -0.25) is 0 Å². The summed E-state index contributed by atoms with van der Waals surface area (Å²) in [6, 6.07) is 10.8. The van der Waals surface area contributed by atoms with Crippen molar-refractivity contribution < 1.29 is 0 Å². The molecular formula is C28H33N7. The molecule has 2 saturated heterocycles. The topological polar surface area (TPSA) is 60.7 Å². The van der Waals surface area contributed by atoms with Gasteiger partial charge in [0.25, 0.3) is 0 Å². The largest absolute Gasteiger partial charge is 0.356 e. The number of nitrogens with zero attached hydrogens (tertiary/aromatic N) is 5. The van der Waals surface area contributed by atoms with Crippen LogP contribution in [0.5, 0.6) is 0 Å². The van der Waals surface area contributed by atoms with Crippen molar-refractivity contribution >= 4 is 11.8 Å². The molecule has 5 aliphatic rings. The summed E-state index contributed by atoms with van der Waals surface area (Å²) in [5.41, 5.74) is 10.2. The van der Waals surface area contributed by atoms with Crippen LogP contribution in [0.2, 0.25) is 0 Å². The molecule has 1 aliphatic carbocycles. The van der Waals surface area contributed by atoms with Crippen molar-refractivity contribution in [3.05, 3.63) is 82.5 Å². The van der Waals surface area contributed by atoms with Crippen LogP contribution in [0.4, 0.5) is 0 Å². The standard InChI is InChI=1S/C28H33N7/c1-2-6-20(7-3-1)18-34-25-9-5-4-8-24(25)32-27(34)21-13-17-33(19-21)28-22-10-14-29-15-11-23(22)31-26-12-16-30-35(26)28/h1-4,6-8,12,21,29-30H,5,9-11,13-19H2. The number of hydrazine groups is 1. The predicted molar refractivity (Wildman–Crippen MR) is 139 cm³/mol. The lowest BCUT2D eigenvalue weighted by Crippen LogP contribution is -2.42. The third kappa shape index (κ3) is 3.74. The number of likely N-dealkylation sites (tertiary alicyclic amines) is 1. The van der Waals surface area contributed by atoms with Gasteiger partial charge in [-0.2, -0.15) is 0 Å². The van der Waals surface area contributed by atoms with E-state index in [9.17, 15) is 0 Å². The van der Waals surface area contributed by atoms with Crippen LogP contribution in [0.15, 0.2) is 64.7 Å². The van der Waals surface area contributed by atoms with Crippen molar-refractivity contribution in [3.8, 4) is 0 Å². The summed E-state index contributed by atoms with van der Waals surface area (Å²) in [6.45, 7) is 5.82. The molecule has 1 unspecified atom stereocenters. The second kappa shape index (κ2) is 8.81. The Balaban J connectivity index is 1.23. The molecule has 2 aromatic rings. The van der Waals surface area contributed by atoms with Crippen LogP contribution < -0.4 is 10.7 Å². The Kier molecular flexibility index (Phi) is 5.32. The zero-order valence-electron chi connectivity index (χ0n) is 20.2. The van der Waals surface area contributed by atoms with E-state index in [4.69, 9.17) is 9.98 Å². The van der Waals surface area contributed by atoms with Gasteiger partial charge in [-0.15, -0.1) is 0 Å². The number of fused-ring (bicyclic) bond motifs is 3. The number of hydrogen-bond donors (Lipinski definition) is 2. The minimum atomic E-state index is 0.423. The second-order valence-corrected chi connectivity index (χ2v) is 10.1. The van der Waals surface area contributed by atoms with Crippen LogP contribution in [0, 0.1) is 0 Å². The highest BCUT2D eigenvalue weighted by atomic mass is 15.6. The van der Waals surface area contributed by atoms with Crippen LogP contribution in [0.3, 0.4) is 0 Å². The highest BCUT2D eigenvalue weighted by Gasteiger charge is 2.38. The fourth-order valence-corrected chi connectivity index (χ4v) is 6.24. The van der Waals surface area contributed by atoms with Crippen molar-refractivity contribution in [1.82, 2.24) is 30.2 Å². The minimum absolute atomic E-state index is 0.423. The molecule has 1 aromatic heterocycles. The molecule has 2 fully saturated rings. The van der Waals surface area contributed by atoms with Crippen LogP contribution in [-0.2, 0) is 13.0 Å². The first-order valence-electron chi connectivity index (χ1n) is 13.2. The van der Waals surface area contributed by atoms with Gasteiger partial charge in [0.15, 0.2) is 0 Å². The number of aliphatic imine (C=N–C) groups is 1. The van der Waals surface area contributed by atoms with Crippen LogP contribution in [0.25, 0.3) is 6.08 Å². The quantitative estimate of drug-likeness (QED) is 0.722. The van der Waals surface area contributed by atoms with E-state index in [1.165, 1.54) is 39.9 Å². The van der Waals surface area contributed by atoms with Gasteiger partial charge in [-0.1, -0.05) is 36.4 Å². The number of benzene rings is 1. The molecule has 35 heavy (non-hydrogen) atoms. The Morgan fingerprint density at radius 1 is 1.06 bits per heavy atom. The molecule has 7 nitrogen and oxygen atoms in total. The van der Waals surface area contributed by atoms with Gasteiger partial charge >= 0.3 is 0 Å². The number of hydrogen-bond acceptors (Lipinski definition) is 6. The molecule has 7 rings (SSSR count). The summed E-state index contributed by atoms with van der Waals surface area (Å²) < 4.78 is 2.53. The molecular weight excluding hydrogens is 434 g/mol. The average Bonchev–Trinajstić information content (AvgIpc) is 3.59. The van der Waals surface area contributed by atoms with E-state index >= 15 is 0 Å². The van der Waals surface area contributed by atoms with Crippen LogP contribution >= 0.6 is 0 Å². The molecule has 0 bridgehead atoms. The SMILES string of the molecule is C1=Cc2nc(C3CCN(C4=C5CCNCCC5=NC5=CCNN54)C3)n(Cc3ccccc3)c2CC1. The summed E-state index contributed by atoms with van der Waals surface area (Å²) in [5, 5.41) is 5.81. The van der Waals surface area contributed by atoms with E-state index in [1.54, 1.807) is 0 Å². The zero-order valence-corrected chi connectivity index (χ0v) is 20.2. The molecule has 0 spiro atoms. The third-order valence-electron chi connectivity index (χ3n) is 7.93. The smallest absolute Gasteiger partial charge is 0.146 e. The van der Waals surface area contributed by atoms with Crippen molar-refractivity contribution in [2.24, 2.45) is 4.99 Å². The van der Waals surface area contributed by atoms with Crippen molar-refractivity contribution in [2.75, 3.05) is 32.7 Å². The molecule has 0 saturated carbocycles. The second-order valence-electron chi connectivity index (χ2n) is 10.1. The summed E-state index contributed by atoms with van der Waals surface area (Å²) in [4.78, 5) is 12.9. The average molecular weight is 468 g/mol. The van der Waals surface area contributed by atoms with Gasteiger partial charge in [0.05, 0.1) is 11.4 Å². The Hall–Kier alpha value is -3.16. The maximum absolute atomic E-state index is 5.23. The summed E-state index contributed by atoms with van der Waals surface area (Å²) >= 11 is 0. The molecule has 7 heteroatoms. The van der Waals surface area contributed by atoms with Gasteiger partial charge < -0.3 is 14.8 Å². The lowest BCUT2D eigenvalue weighted by molar-refractivity contribution is 0.228. The molecule has 1 aromatic carbocycles. The Bertz CT molecular complexity index is 1250. The summed E-state index contributed by atoms with van der Waals surface area (Å²) in [6.07, 6.45) is 12.1. The molecule has 5 heterocycles. The number of imidazole rings is 1. The highest BCUT2D eigenvalue weighted by molar-refractivity contribution is 6.02. The normalized spacial score (nSPS) is 23.6. The fourth-order valence-electron chi connectivity index (χ4n) is 6.24. The Labute approximate surface area is 206 Å². The number of nitrogens with one attached hydrogen (secondary N) is 2. The van der Waals surface area contributed by atoms with E-state index in [0.717, 1.165) is 77.2 Å². The zero-order chi connectivity index (χ0) is 23.2. The van der Waals surface area contributed by atoms with E-state index in [0.29, 0.717) is 5.92 Å². The lowest BCUT2D eigenvalue weighted by atomic mass is 10.0. The molecule has 2 N–H and O–H groups in total. The Morgan fingerprint density at radius 3 is 2.91 bits per heavy atom. The number of aromatic nitrogens is 2. The third-order valence-corrected chi connectivity index (χ3v) is 7.93. The molecule has 0 amide bonds. The monoisotopic (exact) mass is 467 g/mol. The predicted octanol–water partition coefficient (Wildman–Crippen LogP) is 3.39. The maximum atomic E-state index is 5.23. The highest BCUT2D eigenvalue weighted by Crippen LogP contribution is 2.37. The summed E-state index contributed by atoms with van der Waals surface area (Å²) in [7, 11) is 0. The minimum Gasteiger partial charge on any atom is -0.356 e. The summed E-state index contributed by atoms with van der Waals surface area (Å²) in [5.74, 6) is 4.08. The van der Waals surface area contributed by atoms with E-state index in [2.05, 4.69) is 73.8 Å². The molecule has 180 valence electrons. The number of allylic oxidation sites excluding steroid dienone is 1. The van der Waals surface area contributed by atoms with Gasteiger partial charge in [-0.05, 0) is 49.9 Å². The molecule has 1 atom stereocenters. The van der Waals surface area contributed by atoms with Crippen molar-refractivity contribution in [3.63, 3.8) is 0 Å². The fraction of sp³-hybridized carbons (Fsp3) is 0.429. The van der Waals surface area contributed by atoms with Crippen LogP contribution in [-0.4, -0.2) is 57.9 Å². The number of rotatable bonds is 4. The first-order valence-corrected chi connectivity index (χ1v) is 13.2. The van der Waals surface area contributed by atoms with E-state index in [-0.39, 0.29) is 0 Å². The van der Waals surface area contributed by atoms with Crippen molar-refractivity contribution in [2.45, 2.75) is 44.6 Å². The van der Waals surface area contributed by atoms with E-state index in [1.807, 2.05) is 0 Å². The first-order chi connectivity index (χ1) is 17.3. The maximum Gasteiger partial charge on any atom is 0.146 e. The van der Waals surface area contributed by atoms with Gasteiger partial charge in [0.2, 0.25) is 0 Å². The molecule has 0 radical (unpaired) electrons. The first kappa shape index (κ1) is 21.1. The van der Waals surface area contributed by atoms with Crippen molar-refractivity contribution in [1.29, 1.82) is 0 Å². The van der Waals surface area contributed by atoms with Gasteiger partial charge in [0.1, 0.15) is 17.5 Å². The lowest BCUT2D eigenvalue weighted by Gasteiger charge is -2.36. The van der Waals surface area contributed by atoms with Gasteiger partial charge in [-0.25, -0.2) is 20.4 Å². The van der Waals surface area contributed by atoms with Gasteiger partial charge in [0, 0.05) is 56.3 Å². The Morgan fingerprint density at radius 2 is 1.97 bits per heavy atom. The van der Waals surface area contributed by atoms with E-state index < -0.39 is 0 Å².